The molecule has 7 nitrogen and oxygen atoms in total. The molecule has 2 fully saturated rings. The van der Waals surface area contributed by atoms with Gasteiger partial charge in [0.05, 0.1) is 17.6 Å². The first-order valence-electron chi connectivity index (χ1n) is 13.2. The minimum Gasteiger partial charge on any atom is -0.321 e. The topological polar surface area (TPSA) is 79.7 Å². The summed E-state index contributed by atoms with van der Waals surface area (Å²) >= 11 is 0. The van der Waals surface area contributed by atoms with Crippen LogP contribution >= 0.6 is 0 Å². The van der Waals surface area contributed by atoms with Gasteiger partial charge in [-0.3, -0.25) is 9.69 Å². The van der Waals surface area contributed by atoms with Crippen LogP contribution in [0.2, 0.25) is 0 Å². The van der Waals surface area contributed by atoms with Crippen molar-refractivity contribution in [2.45, 2.75) is 110 Å². The summed E-state index contributed by atoms with van der Waals surface area (Å²) in [6.07, 6.45) is 11.7. The first-order valence-corrected chi connectivity index (χ1v) is 13.2. The molecule has 0 aliphatic heterocycles. The van der Waals surface area contributed by atoms with Gasteiger partial charge in [0.2, 0.25) is 0 Å². The highest BCUT2D eigenvalue weighted by molar-refractivity contribution is 5.82. The molecule has 5 rings (SSSR count). The quantitative estimate of drug-likeness (QED) is 0.476. The number of fused-ring (bicyclic) bond motifs is 1. The highest BCUT2D eigenvalue weighted by Gasteiger charge is 2.34. The Hall–Kier alpha value is -2.54. The lowest BCUT2D eigenvalue weighted by atomic mass is 10.0. The van der Waals surface area contributed by atoms with Crippen LogP contribution in [0.1, 0.15) is 106 Å². The fraction of sp³-hybridized carbons (Fsp3) is 0.630. The van der Waals surface area contributed by atoms with Gasteiger partial charge in [-0.2, -0.15) is 0 Å². The van der Waals surface area contributed by atoms with Gasteiger partial charge in [-0.05, 0) is 79.5 Å². The van der Waals surface area contributed by atoms with Crippen LogP contribution in [0.25, 0.3) is 10.9 Å². The average Bonchev–Trinajstić information content (AvgIpc) is 3.59. The van der Waals surface area contributed by atoms with Crippen LogP contribution in [0.15, 0.2) is 23.0 Å². The summed E-state index contributed by atoms with van der Waals surface area (Å²) < 4.78 is 2.12. The Labute approximate surface area is 201 Å². The lowest BCUT2D eigenvalue weighted by Crippen LogP contribution is -2.39. The Morgan fingerprint density at radius 2 is 1.82 bits per heavy atom. The number of rotatable bonds is 8. The molecule has 0 amide bonds. The number of nitrogens with zero attached hydrogens (tertiary/aromatic N) is 5. The molecule has 3 aromatic rings. The van der Waals surface area contributed by atoms with Crippen molar-refractivity contribution in [2.24, 2.45) is 0 Å². The number of nitrogens with one attached hydrogen (secondary N) is 1. The minimum atomic E-state index is 0.0214. The van der Waals surface area contributed by atoms with Crippen molar-refractivity contribution in [1.82, 2.24) is 30.1 Å². The van der Waals surface area contributed by atoms with Crippen molar-refractivity contribution in [3.63, 3.8) is 0 Å². The monoisotopic (exact) mass is 462 g/mol. The van der Waals surface area contributed by atoms with Gasteiger partial charge in [-0.25, -0.2) is 4.68 Å². The normalized spacial score (nSPS) is 18.5. The predicted molar refractivity (Wildman–Crippen MR) is 135 cm³/mol. The van der Waals surface area contributed by atoms with Crippen LogP contribution in [-0.4, -0.2) is 36.1 Å². The molecule has 1 aromatic carbocycles. The van der Waals surface area contributed by atoms with Crippen molar-refractivity contribution >= 4 is 10.9 Å². The predicted octanol–water partition coefficient (Wildman–Crippen LogP) is 5.53. The molecule has 1 unspecified atom stereocenters. The Kier molecular flexibility index (Phi) is 6.82. The van der Waals surface area contributed by atoms with Gasteiger partial charge in [-0.15, -0.1) is 5.10 Å². The molecule has 0 spiro atoms. The van der Waals surface area contributed by atoms with E-state index in [9.17, 15) is 4.79 Å². The van der Waals surface area contributed by atoms with E-state index in [1.54, 1.807) is 0 Å². The maximum absolute atomic E-state index is 13.2. The van der Waals surface area contributed by atoms with Gasteiger partial charge in [0.25, 0.3) is 5.56 Å². The highest BCUT2D eigenvalue weighted by atomic mass is 16.1. The number of pyridine rings is 1. The molecule has 2 aliphatic carbocycles. The van der Waals surface area contributed by atoms with Gasteiger partial charge in [0, 0.05) is 18.2 Å². The van der Waals surface area contributed by atoms with Gasteiger partial charge < -0.3 is 4.98 Å². The molecule has 1 atom stereocenters. The number of H-pyrrole nitrogens is 1. The number of benzene rings is 1. The Morgan fingerprint density at radius 3 is 2.56 bits per heavy atom. The number of aryl methyl sites for hydroxylation is 2. The number of hydrogen-bond donors (Lipinski definition) is 1. The maximum Gasteiger partial charge on any atom is 0.252 e. The van der Waals surface area contributed by atoms with E-state index >= 15 is 0 Å². The molecule has 0 radical (unpaired) electrons. The molecule has 0 bridgehead atoms. The molecule has 2 aromatic heterocycles. The summed E-state index contributed by atoms with van der Waals surface area (Å²) in [5.74, 6) is 0.990. The molecular weight excluding hydrogens is 424 g/mol. The molecule has 2 saturated carbocycles. The van der Waals surface area contributed by atoms with Crippen molar-refractivity contribution in [3.05, 3.63) is 51.1 Å². The lowest BCUT2D eigenvalue weighted by molar-refractivity contribution is 0.106. The number of aromatic nitrogens is 5. The highest BCUT2D eigenvalue weighted by Crippen LogP contribution is 2.37. The second-order valence-electron chi connectivity index (χ2n) is 10.5. The van der Waals surface area contributed by atoms with Crippen molar-refractivity contribution < 1.29 is 0 Å². The van der Waals surface area contributed by atoms with Gasteiger partial charge in [-0.1, -0.05) is 50.7 Å². The van der Waals surface area contributed by atoms with E-state index in [-0.39, 0.29) is 11.6 Å². The zero-order chi connectivity index (χ0) is 23.7. The SMILES string of the molecule is CCCC(c1nnnn1C1CCCC1)N(Cc1cc2cc(C)cc(C)c2[nH]c1=O)C1CCCC1. The third kappa shape index (κ3) is 4.54. The van der Waals surface area contributed by atoms with E-state index < -0.39 is 0 Å². The summed E-state index contributed by atoms with van der Waals surface area (Å²) in [4.78, 5) is 19.0. The van der Waals surface area contributed by atoms with Crippen LogP contribution in [0.3, 0.4) is 0 Å². The molecule has 1 N–H and O–H groups in total. The number of hydrogen-bond acceptors (Lipinski definition) is 5. The van der Waals surface area contributed by atoms with Crippen molar-refractivity contribution in [2.75, 3.05) is 0 Å². The van der Waals surface area contributed by atoms with Gasteiger partial charge >= 0.3 is 0 Å². The van der Waals surface area contributed by atoms with Gasteiger partial charge in [0.15, 0.2) is 5.82 Å². The third-order valence-electron chi connectivity index (χ3n) is 7.97. The molecule has 182 valence electrons. The Morgan fingerprint density at radius 1 is 1.09 bits per heavy atom. The van der Waals surface area contributed by atoms with Crippen LogP contribution < -0.4 is 5.56 Å². The number of aromatic amines is 1. The van der Waals surface area contributed by atoms with Crippen molar-refractivity contribution in [1.29, 1.82) is 0 Å². The lowest BCUT2D eigenvalue weighted by Gasteiger charge is -2.36. The first-order chi connectivity index (χ1) is 16.5. The molecular formula is C27H38N6O. The van der Waals surface area contributed by atoms with Crippen LogP contribution in [0.5, 0.6) is 0 Å². The minimum absolute atomic E-state index is 0.0214. The molecule has 2 heterocycles. The van der Waals surface area contributed by atoms with E-state index in [0.717, 1.165) is 53.5 Å². The molecule has 0 saturated heterocycles. The maximum atomic E-state index is 13.2. The fourth-order valence-corrected chi connectivity index (χ4v) is 6.32. The fourth-order valence-electron chi connectivity index (χ4n) is 6.32. The van der Waals surface area contributed by atoms with Crippen LogP contribution in [0.4, 0.5) is 0 Å². The van der Waals surface area contributed by atoms with E-state index in [1.165, 1.54) is 44.1 Å². The Balaban J connectivity index is 1.54. The smallest absolute Gasteiger partial charge is 0.252 e. The second-order valence-corrected chi connectivity index (χ2v) is 10.5. The summed E-state index contributed by atoms with van der Waals surface area (Å²) in [6, 6.07) is 7.40. The van der Waals surface area contributed by atoms with E-state index in [4.69, 9.17) is 0 Å². The van der Waals surface area contributed by atoms with Crippen LogP contribution in [-0.2, 0) is 6.54 Å². The largest absolute Gasteiger partial charge is 0.321 e. The molecule has 2 aliphatic rings. The van der Waals surface area contributed by atoms with E-state index in [0.29, 0.717) is 18.6 Å². The molecule has 34 heavy (non-hydrogen) atoms. The standard InChI is InChI=1S/C27H38N6O/c1-4-9-24(26-29-30-31-33(26)23-12-7-8-13-23)32(22-10-5-6-11-22)17-21-16-20-15-18(2)14-19(3)25(20)28-27(21)34/h14-16,22-24H,4-13,17H2,1-3H3,(H,28,34). The van der Waals surface area contributed by atoms with E-state index in [2.05, 4.69) is 69.1 Å². The first kappa shape index (κ1) is 23.2. The summed E-state index contributed by atoms with van der Waals surface area (Å²) in [5.41, 5.74) is 4.14. The zero-order valence-electron chi connectivity index (χ0n) is 20.9. The van der Waals surface area contributed by atoms with Gasteiger partial charge in [0.1, 0.15) is 0 Å². The Bertz CT molecular complexity index is 1190. The second kappa shape index (κ2) is 9.98. The summed E-state index contributed by atoms with van der Waals surface area (Å²) in [7, 11) is 0. The zero-order valence-corrected chi connectivity index (χ0v) is 20.9. The third-order valence-corrected chi connectivity index (χ3v) is 7.97. The van der Waals surface area contributed by atoms with Crippen LogP contribution in [0, 0.1) is 13.8 Å². The van der Waals surface area contributed by atoms with Crippen molar-refractivity contribution in [3.8, 4) is 0 Å². The number of tetrazole rings is 1. The van der Waals surface area contributed by atoms with E-state index in [1.807, 2.05) is 0 Å². The summed E-state index contributed by atoms with van der Waals surface area (Å²) in [5, 5.41) is 14.3. The summed E-state index contributed by atoms with van der Waals surface area (Å²) in [6.45, 7) is 7.04. The molecule has 7 heteroatoms. The average molecular weight is 463 g/mol.